The van der Waals surface area contributed by atoms with E-state index in [9.17, 15) is 8.42 Å². The van der Waals surface area contributed by atoms with Crippen LogP contribution < -0.4 is 0 Å². The van der Waals surface area contributed by atoms with E-state index in [0.29, 0.717) is 4.90 Å². The molecule has 0 radical (unpaired) electrons. The average Bonchev–Trinajstić information content (AvgIpc) is 2.52. The van der Waals surface area contributed by atoms with Gasteiger partial charge in [-0.25, -0.2) is 8.42 Å². The Labute approximate surface area is 135 Å². The van der Waals surface area contributed by atoms with Crippen LogP contribution in [0.4, 0.5) is 0 Å². The van der Waals surface area contributed by atoms with E-state index < -0.39 is 10.0 Å². The molecule has 0 atom stereocenters. The lowest BCUT2D eigenvalue weighted by molar-refractivity contribution is 0.474. The molecule has 0 spiro atoms. The van der Waals surface area contributed by atoms with Gasteiger partial charge >= 0.3 is 0 Å². The highest BCUT2D eigenvalue weighted by Crippen LogP contribution is 2.17. The Morgan fingerprint density at radius 3 is 2.09 bits per heavy atom. The highest BCUT2D eigenvalue weighted by atomic mass is 32.2. The summed E-state index contributed by atoms with van der Waals surface area (Å²) in [5.74, 6) is 0. The number of sulfonamides is 1. The van der Waals surface area contributed by atoms with Crippen LogP contribution in [-0.4, -0.2) is 25.8 Å². The standard InChI is InChI=1S/C18H27NO2S/c1-4-7-8-9-10-17-11-13-18(14-12-17)22(20,21)19(15-5-2)16-6-3/h5-6,11-14H,2-4,7-10,15-16H2,1H3. The molecule has 1 rings (SSSR count). The number of rotatable bonds is 11. The SMILES string of the molecule is C=CCN(CC=C)S(=O)(=O)c1ccc(CCCCCC)cc1. The summed E-state index contributed by atoms with van der Waals surface area (Å²) < 4.78 is 26.5. The van der Waals surface area contributed by atoms with Gasteiger partial charge in [-0.15, -0.1) is 13.2 Å². The van der Waals surface area contributed by atoms with Crippen molar-refractivity contribution in [3.63, 3.8) is 0 Å². The van der Waals surface area contributed by atoms with Gasteiger partial charge in [0.25, 0.3) is 0 Å². The van der Waals surface area contributed by atoms with Crippen LogP contribution in [0.5, 0.6) is 0 Å². The highest BCUT2D eigenvalue weighted by molar-refractivity contribution is 7.89. The van der Waals surface area contributed by atoms with Gasteiger partial charge in [-0.05, 0) is 30.5 Å². The molecule has 4 heteroatoms. The van der Waals surface area contributed by atoms with Gasteiger partial charge in [-0.2, -0.15) is 4.31 Å². The molecular weight excluding hydrogens is 294 g/mol. The molecule has 1 aromatic carbocycles. The maximum Gasteiger partial charge on any atom is 0.243 e. The summed E-state index contributed by atoms with van der Waals surface area (Å²) in [4.78, 5) is 0.327. The Balaban J connectivity index is 2.78. The van der Waals surface area contributed by atoms with Crippen LogP contribution in [0.3, 0.4) is 0 Å². The third-order valence-corrected chi connectivity index (χ3v) is 5.39. The van der Waals surface area contributed by atoms with Crippen LogP contribution in [0.15, 0.2) is 54.5 Å². The van der Waals surface area contributed by atoms with Gasteiger partial charge in [-0.1, -0.05) is 50.5 Å². The molecule has 122 valence electrons. The Hall–Kier alpha value is -1.39. The van der Waals surface area contributed by atoms with Crippen molar-refractivity contribution in [3.05, 3.63) is 55.1 Å². The summed E-state index contributed by atoms with van der Waals surface area (Å²) in [6, 6.07) is 7.23. The van der Waals surface area contributed by atoms with Crippen molar-refractivity contribution in [3.8, 4) is 0 Å². The molecular formula is C18H27NO2S. The zero-order chi connectivity index (χ0) is 16.4. The van der Waals surface area contributed by atoms with Crippen molar-refractivity contribution in [2.75, 3.05) is 13.1 Å². The lowest BCUT2D eigenvalue weighted by Crippen LogP contribution is -2.31. The van der Waals surface area contributed by atoms with Gasteiger partial charge in [0.05, 0.1) is 4.90 Å². The van der Waals surface area contributed by atoms with Crippen LogP contribution in [0.2, 0.25) is 0 Å². The summed E-state index contributed by atoms with van der Waals surface area (Å²) in [5, 5.41) is 0. The van der Waals surface area contributed by atoms with Crippen molar-refractivity contribution in [2.45, 2.75) is 43.9 Å². The Kier molecular flexibility index (Phi) is 8.13. The van der Waals surface area contributed by atoms with Gasteiger partial charge in [0.1, 0.15) is 0 Å². The predicted octanol–water partition coefficient (Wildman–Crippen LogP) is 4.17. The topological polar surface area (TPSA) is 37.4 Å². The average molecular weight is 321 g/mol. The van der Waals surface area contributed by atoms with E-state index in [4.69, 9.17) is 0 Å². The minimum Gasteiger partial charge on any atom is -0.207 e. The smallest absolute Gasteiger partial charge is 0.207 e. The van der Waals surface area contributed by atoms with Gasteiger partial charge in [0, 0.05) is 13.1 Å². The van der Waals surface area contributed by atoms with E-state index in [1.165, 1.54) is 29.1 Å². The molecule has 0 N–H and O–H groups in total. The monoisotopic (exact) mass is 321 g/mol. The first-order chi connectivity index (χ1) is 10.6. The van der Waals surface area contributed by atoms with E-state index in [-0.39, 0.29) is 13.1 Å². The second-order valence-electron chi connectivity index (χ2n) is 5.35. The number of unbranched alkanes of at least 4 members (excludes halogenated alkanes) is 3. The molecule has 0 aromatic heterocycles. The van der Waals surface area contributed by atoms with Crippen LogP contribution in [0, 0.1) is 0 Å². The number of benzene rings is 1. The third kappa shape index (κ3) is 5.43. The second-order valence-corrected chi connectivity index (χ2v) is 7.29. The van der Waals surface area contributed by atoms with Crippen molar-refractivity contribution in [1.82, 2.24) is 4.31 Å². The fourth-order valence-corrected chi connectivity index (χ4v) is 3.67. The second kappa shape index (κ2) is 9.59. The summed E-state index contributed by atoms with van der Waals surface area (Å²) in [6.07, 6.45) is 9.03. The molecule has 0 saturated carbocycles. The zero-order valence-electron chi connectivity index (χ0n) is 13.5. The molecule has 0 fully saturated rings. The van der Waals surface area contributed by atoms with E-state index in [2.05, 4.69) is 20.1 Å². The minimum absolute atomic E-state index is 0.285. The Bertz CT molecular complexity index is 551. The van der Waals surface area contributed by atoms with Crippen LogP contribution >= 0.6 is 0 Å². The van der Waals surface area contributed by atoms with Crippen molar-refractivity contribution >= 4 is 10.0 Å². The van der Waals surface area contributed by atoms with E-state index in [1.807, 2.05) is 12.1 Å². The van der Waals surface area contributed by atoms with Crippen LogP contribution in [0.1, 0.15) is 38.2 Å². The Morgan fingerprint density at radius 2 is 1.59 bits per heavy atom. The molecule has 0 aliphatic heterocycles. The molecule has 0 saturated heterocycles. The van der Waals surface area contributed by atoms with Gasteiger partial charge in [-0.3, -0.25) is 0 Å². The highest BCUT2D eigenvalue weighted by Gasteiger charge is 2.22. The fourth-order valence-electron chi connectivity index (χ4n) is 2.29. The molecule has 1 aromatic rings. The summed E-state index contributed by atoms with van der Waals surface area (Å²) in [5.41, 5.74) is 1.19. The zero-order valence-corrected chi connectivity index (χ0v) is 14.3. The molecule has 0 heterocycles. The molecule has 0 bridgehead atoms. The summed E-state index contributed by atoms with van der Waals surface area (Å²) in [6.45, 7) is 9.99. The number of hydrogen-bond donors (Lipinski definition) is 0. The number of aryl methyl sites for hydroxylation is 1. The number of nitrogens with zero attached hydrogens (tertiary/aromatic N) is 1. The Morgan fingerprint density at radius 1 is 1.00 bits per heavy atom. The molecule has 0 amide bonds. The molecule has 0 aliphatic rings. The van der Waals surface area contributed by atoms with E-state index in [0.717, 1.165) is 12.8 Å². The van der Waals surface area contributed by atoms with Gasteiger partial charge in [0.15, 0.2) is 0 Å². The first kappa shape index (κ1) is 18.7. The molecule has 3 nitrogen and oxygen atoms in total. The first-order valence-electron chi connectivity index (χ1n) is 7.87. The summed E-state index contributed by atoms with van der Waals surface area (Å²) >= 11 is 0. The van der Waals surface area contributed by atoms with E-state index in [1.54, 1.807) is 24.3 Å². The van der Waals surface area contributed by atoms with Crippen LogP contribution in [0.25, 0.3) is 0 Å². The van der Waals surface area contributed by atoms with Crippen molar-refractivity contribution < 1.29 is 8.42 Å². The third-order valence-electron chi connectivity index (χ3n) is 3.55. The maximum absolute atomic E-state index is 12.6. The predicted molar refractivity (Wildman–Crippen MR) is 93.4 cm³/mol. The number of hydrogen-bond acceptors (Lipinski definition) is 2. The molecule has 0 aliphatic carbocycles. The van der Waals surface area contributed by atoms with Crippen LogP contribution in [-0.2, 0) is 16.4 Å². The van der Waals surface area contributed by atoms with Gasteiger partial charge < -0.3 is 0 Å². The molecule has 0 unspecified atom stereocenters. The first-order valence-corrected chi connectivity index (χ1v) is 9.31. The molecule has 22 heavy (non-hydrogen) atoms. The largest absolute Gasteiger partial charge is 0.243 e. The normalized spacial score (nSPS) is 11.5. The lowest BCUT2D eigenvalue weighted by Gasteiger charge is -2.19. The fraction of sp³-hybridized carbons (Fsp3) is 0.444. The maximum atomic E-state index is 12.6. The van der Waals surface area contributed by atoms with E-state index >= 15 is 0 Å². The summed E-state index contributed by atoms with van der Waals surface area (Å²) in [7, 11) is -3.48. The lowest BCUT2D eigenvalue weighted by atomic mass is 10.1. The minimum atomic E-state index is -3.48. The quantitative estimate of drug-likeness (QED) is 0.453. The van der Waals surface area contributed by atoms with Crippen molar-refractivity contribution in [1.29, 1.82) is 0 Å². The van der Waals surface area contributed by atoms with Crippen molar-refractivity contribution in [2.24, 2.45) is 0 Å². The van der Waals surface area contributed by atoms with Gasteiger partial charge in [0.2, 0.25) is 10.0 Å².